The molecule has 0 unspecified atom stereocenters. The van der Waals surface area contributed by atoms with Gasteiger partial charge in [0.15, 0.2) is 0 Å². The van der Waals surface area contributed by atoms with Crippen LogP contribution in [0.25, 0.3) is 11.1 Å². The molecule has 39 heavy (non-hydrogen) atoms. The molecule has 2 amide bonds. The summed E-state index contributed by atoms with van der Waals surface area (Å²) >= 11 is 0. The van der Waals surface area contributed by atoms with Crippen LogP contribution in [0.2, 0.25) is 0 Å². The molecule has 0 spiro atoms. The minimum Gasteiger partial charge on any atom is -0.480 e. The summed E-state index contributed by atoms with van der Waals surface area (Å²) in [5.74, 6) is -1.95. The number of aliphatic carboxylic acids is 1. The number of hydrogen-bond donors (Lipinski definition) is 3. The average molecular weight is 555 g/mol. The smallest absolute Gasteiger partial charge is 0.407 e. The van der Waals surface area contributed by atoms with Crippen molar-refractivity contribution < 1.29 is 36.5 Å². The van der Waals surface area contributed by atoms with E-state index in [1.165, 1.54) is 12.1 Å². The van der Waals surface area contributed by atoms with Crippen molar-refractivity contribution in [3.05, 3.63) is 89.5 Å². The summed E-state index contributed by atoms with van der Waals surface area (Å²) in [6, 6.07) is 19.2. The summed E-state index contributed by atoms with van der Waals surface area (Å²) in [7, 11) is -4.93. The third-order valence-corrected chi connectivity index (χ3v) is 7.33. The number of carboxylic acid groups (broad SMARTS) is 1. The number of fused-ring (bicyclic) bond motifs is 3. The Morgan fingerprint density at radius 3 is 2.18 bits per heavy atom. The highest BCUT2D eigenvalue weighted by Gasteiger charge is 2.29. The molecule has 204 valence electrons. The first-order valence-corrected chi connectivity index (χ1v) is 13.7. The molecule has 1 atom stereocenters. The van der Waals surface area contributed by atoms with Crippen LogP contribution in [-0.2, 0) is 19.8 Å². The molecule has 1 aliphatic rings. The molecule has 0 fully saturated rings. The lowest BCUT2D eigenvalue weighted by Crippen LogP contribution is -2.41. The standard InChI is InChI=1S/C28H27FN2O7S/c29-39(36,37)19-9-7-8-18(16-19)26(32)30-15-6-5-14-25(27(33)34)31-28(35)38-17-24-22-12-3-1-10-20(22)21-11-2-4-13-23(21)24/h1-4,7-13,16,24-25H,5-6,14-15,17H2,(H,30,32)(H,31,35)(H,33,34)/t25-/m1/s1. The van der Waals surface area contributed by atoms with E-state index in [4.69, 9.17) is 4.74 Å². The quantitative estimate of drug-likeness (QED) is 0.238. The Balaban J connectivity index is 1.23. The van der Waals surface area contributed by atoms with Crippen LogP contribution in [0.3, 0.4) is 0 Å². The molecular weight excluding hydrogens is 527 g/mol. The normalized spacial score (nSPS) is 13.2. The van der Waals surface area contributed by atoms with Crippen molar-refractivity contribution in [2.75, 3.05) is 13.2 Å². The molecule has 0 bridgehead atoms. The summed E-state index contributed by atoms with van der Waals surface area (Å²) in [6.45, 7) is 0.228. The molecule has 0 aromatic heterocycles. The third kappa shape index (κ3) is 6.80. The number of carbonyl (C=O) groups is 3. The van der Waals surface area contributed by atoms with Gasteiger partial charge in [-0.3, -0.25) is 4.79 Å². The summed E-state index contributed by atoms with van der Waals surface area (Å²) in [4.78, 5) is 35.7. The van der Waals surface area contributed by atoms with Crippen LogP contribution in [0.5, 0.6) is 0 Å². The van der Waals surface area contributed by atoms with Crippen LogP contribution in [0.4, 0.5) is 8.68 Å². The number of amides is 2. The van der Waals surface area contributed by atoms with Crippen LogP contribution in [0.1, 0.15) is 46.7 Å². The third-order valence-electron chi connectivity index (χ3n) is 6.52. The molecule has 11 heteroatoms. The van der Waals surface area contributed by atoms with Crippen molar-refractivity contribution in [3.8, 4) is 11.1 Å². The van der Waals surface area contributed by atoms with Crippen molar-refractivity contribution in [2.24, 2.45) is 0 Å². The Morgan fingerprint density at radius 2 is 1.56 bits per heavy atom. The van der Waals surface area contributed by atoms with E-state index in [-0.39, 0.29) is 31.1 Å². The van der Waals surface area contributed by atoms with Gasteiger partial charge in [-0.15, -0.1) is 3.89 Å². The van der Waals surface area contributed by atoms with E-state index in [0.717, 1.165) is 34.4 Å². The fourth-order valence-electron chi connectivity index (χ4n) is 4.61. The second-order valence-electron chi connectivity index (χ2n) is 9.08. The highest BCUT2D eigenvalue weighted by atomic mass is 32.3. The van der Waals surface area contributed by atoms with Gasteiger partial charge in [-0.1, -0.05) is 54.6 Å². The van der Waals surface area contributed by atoms with Gasteiger partial charge in [0.1, 0.15) is 12.6 Å². The average Bonchev–Trinajstić information content (AvgIpc) is 3.24. The van der Waals surface area contributed by atoms with Gasteiger partial charge in [0, 0.05) is 18.0 Å². The minimum atomic E-state index is -4.93. The fraction of sp³-hybridized carbons (Fsp3) is 0.250. The van der Waals surface area contributed by atoms with Gasteiger partial charge in [0.25, 0.3) is 5.91 Å². The van der Waals surface area contributed by atoms with E-state index in [9.17, 15) is 31.8 Å². The van der Waals surface area contributed by atoms with Crippen LogP contribution in [0, 0.1) is 0 Å². The first-order valence-electron chi connectivity index (χ1n) is 12.3. The van der Waals surface area contributed by atoms with Gasteiger partial charge >= 0.3 is 22.3 Å². The molecule has 4 rings (SSSR count). The topological polar surface area (TPSA) is 139 Å². The van der Waals surface area contributed by atoms with Gasteiger partial charge in [-0.2, -0.15) is 8.42 Å². The lowest BCUT2D eigenvalue weighted by molar-refractivity contribution is -0.139. The molecule has 0 radical (unpaired) electrons. The zero-order valence-corrected chi connectivity index (χ0v) is 21.6. The lowest BCUT2D eigenvalue weighted by atomic mass is 9.98. The van der Waals surface area contributed by atoms with Crippen molar-refractivity contribution >= 4 is 28.2 Å². The number of ether oxygens (including phenoxy) is 1. The molecule has 3 aromatic rings. The van der Waals surface area contributed by atoms with E-state index in [1.807, 2.05) is 48.5 Å². The molecule has 3 N–H and O–H groups in total. The molecule has 0 aliphatic heterocycles. The fourth-order valence-corrected chi connectivity index (χ4v) is 5.12. The lowest BCUT2D eigenvalue weighted by Gasteiger charge is -2.17. The van der Waals surface area contributed by atoms with Crippen LogP contribution in [-0.4, -0.2) is 50.7 Å². The van der Waals surface area contributed by atoms with Gasteiger partial charge in [-0.05, 0) is 59.7 Å². The van der Waals surface area contributed by atoms with Crippen LogP contribution < -0.4 is 10.6 Å². The molecule has 0 saturated carbocycles. The van der Waals surface area contributed by atoms with Crippen molar-refractivity contribution in [3.63, 3.8) is 0 Å². The number of rotatable bonds is 11. The van der Waals surface area contributed by atoms with Gasteiger partial charge < -0.3 is 20.5 Å². The Kier molecular flexibility index (Phi) is 8.60. The number of unbranched alkanes of at least 4 members (excludes halogenated alkanes) is 1. The summed E-state index contributed by atoms with van der Waals surface area (Å²) in [6.07, 6.45) is 0.0218. The number of benzene rings is 3. The SMILES string of the molecule is O=C(N[C@H](CCCCNC(=O)c1cccc(S(=O)(=O)F)c1)C(=O)O)OCC1c2ccccc2-c2ccccc21. The molecule has 3 aromatic carbocycles. The molecular formula is C28H27FN2O7S. The van der Waals surface area contributed by atoms with Crippen molar-refractivity contribution in [1.82, 2.24) is 10.6 Å². The predicted octanol–water partition coefficient (Wildman–Crippen LogP) is 4.24. The van der Waals surface area contributed by atoms with E-state index in [1.54, 1.807) is 0 Å². The number of hydrogen-bond acceptors (Lipinski definition) is 6. The predicted molar refractivity (Wildman–Crippen MR) is 141 cm³/mol. The number of halogens is 1. The molecule has 9 nitrogen and oxygen atoms in total. The summed E-state index contributed by atoms with van der Waals surface area (Å²) < 4.78 is 40.6. The van der Waals surface area contributed by atoms with Gasteiger partial charge in [0.05, 0.1) is 4.90 Å². The zero-order chi connectivity index (χ0) is 28.0. The second kappa shape index (κ2) is 12.1. The first-order chi connectivity index (χ1) is 18.6. The monoisotopic (exact) mass is 554 g/mol. The summed E-state index contributed by atoms with van der Waals surface area (Å²) in [5, 5.41) is 14.5. The number of carbonyl (C=O) groups excluding carboxylic acids is 2. The van der Waals surface area contributed by atoms with Gasteiger partial charge in [-0.25, -0.2) is 9.59 Å². The summed E-state index contributed by atoms with van der Waals surface area (Å²) in [5.41, 5.74) is 4.23. The second-order valence-corrected chi connectivity index (χ2v) is 10.4. The van der Waals surface area contributed by atoms with E-state index in [2.05, 4.69) is 10.6 Å². The number of alkyl carbamates (subject to hydrolysis) is 1. The van der Waals surface area contributed by atoms with Crippen LogP contribution >= 0.6 is 0 Å². The Hall–Kier alpha value is -4.25. The largest absolute Gasteiger partial charge is 0.480 e. The number of nitrogens with one attached hydrogen (secondary N) is 2. The molecule has 0 saturated heterocycles. The molecule has 0 heterocycles. The number of carboxylic acids is 1. The first kappa shape index (κ1) is 27.8. The Morgan fingerprint density at radius 1 is 0.923 bits per heavy atom. The van der Waals surface area contributed by atoms with E-state index in [0.29, 0.717) is 12.8 Å². The van der Waals surface area contributed by atoms with Crippen molar-refractivity contribution in [2.45, 2.75) is 36.1 Å². The zero-order valence-electron chi connectivity index (χ0n) is 20.8. The highest BCUT2D eigenvalue weighted by Crippen LogP contribution is 2.44. The maximum atomic E-state index is 13.1. The minimum absolute atomic E-state index is 0.0194. The maximum absolute atomic E-state index is 13.1. The Bertz CT molecular complexity index is 1450. The van der Waals surface area contributed by atoms with Gasteiger partial charge in [0.2, 0.25) is 0 Å². The Labute approximate surface area is 225 Å². The molecule has 1 aliphatic carbocycles. The maximum Gasteiger partial charge on any atom is 0.407 e. The highest BCUT2D eigenvalue weighted by molar-refractivity contribution is 7.86. The van der Waals surface area contributed by atoms with E-state index >= 15 is 0 Å². The van der Waals surface area contributed by atoms with E-state index < -0.39 is 39.1 Å². The van der Waals surface area contributed by atoms with Crippen molar-refractivity contribution in [1.29, 1.82) is 0 Å². The van der Waals surface area contributed by atoms with Crippen LogP contribution in [0.15, 0.2) is 77.7 Å².